The first-order valence-corrected chi connectivity index (χ1v) is 7.83. The second kappa shape index (κ2) is 8.82. The van der Waals surface area contributed by atoms with Gasteiger partial charge in [-0.2, -0.15) is 0 Å². The third-order valence-corrected chi connectivity index (χ3v) is 3.89. The predicted molar refractivity (Wildman–Crippen MR) is 93.8 cm³/mol. The van der Waals surface area contributed by atoms with Gasteiger partial charge in [0, 0.05) is 24.8 Å². The number of rotatable bonds is 7. The molecular weight excluding hydrogens is 337 g/mol. The molecule has 0 aliphatic carbocycles. The molecule has 2 aromatic carbocycles. The van der Waals surface area contributed by atoms with Crippen LogP contribution >= 0.6 is 23.8 Å². The summed E-state index contributed by atoms with van der Waals surface area (Å²) >= 11 is 11.2. The van der Waals surface area contributed by atoms with E-state index in [0.29, 0.717) is 34.5 Å². The van der Waals surface area contributed by atoms with Gasteiger partial charge < -0.3 is 14.8 Å². The molecule has 0 atom stereocenters. The maximum absolute atomic E-state index is 13.7. The largest absolute Gasteiger partial charge is 0.489 e. The molecule has 2 aromatic rings. The molecule has 0 aliphatic heterocycles. The minimum atomic E-state index is -0.377. The van der Waals surface area contributed by atoms with Crippen molar-refractivity contribution in [2.45, 2.75) is 6.61 Å². The van der Waals surface area contributed by atoms with Crippen LogP contribution in [0.4, 0.5) is 4.39 Å². The topological polar surface area (TPSA) is 30.5 Å². The maximum Gasteiger partial charge on any atom is 0.131 e. The Morgan fingerprint density at radius 3 is 2.61 bits per heavy atom. The summed E-state index contributed by atoms with van der Waals surface area (Å²) in [6.07, 6.45) is 0. The molecule has 0 bridgehead atoms. The summed E-state index contributed by atoms with van der Waals surface area (Å²) < 4.78 is 24.2. The lowest BCUT2D eigenvalue weighted by Crippen LogP contribution is -2.25. The van der Waals surface area contributed by atoms with Crippen molar-refractivity contribution >= 4 is 28.8 Å². The molecule has 3 nitrogen and oxygen atoms in total. The summed E-state index contributed by atoms with van der Waals surface area (Å²) in [6.45, 7) is 1.31. The fraction of sp³-hybridized carbons (Fsp3) is 0.235. The van der Waals surface area contributed by atoms with Gasteiger partial charge in [-0.15, -0.1) is 0 Å². The van der Waals surface area contributed by atoms with Crippen LogP contribution in [0.5, 0.6) is 5.75 Å². The van der Waals surface area contributed by atoms with E-state index in [-0.39, 0.29) is 12.4 Å². The van der Waals surface area contributed by atoms with E-state index in [1.165, 1.54) is 6.07 Å². The Morgan fingerprint density at radius 1 is 1.22 bits per heavy atom. The van der Waals surface area contributed by atoms with Crippen molar-refractivity contribution in [2.24, 2.45) is 0 Å². The van der Waals surface area contributed by atoms with E-state index in [2.05, 4.69) is 5.32 Å². The fourth-order valence-corrected chi connectivity index (χ4v) is 2.35. The van der Waals surface area contributed by atoms with Crippen LogP contribution in [0.25, 0.3) is 0 Å². The minimum Gasteiger partial charge on any atom is -0.489 e. The van der Waals surface area contributed by atoms with Crippen molar-refractivity contribution in [3.05, 3.63) is 64.4 Å². The van der Waals surface area contributed by atoms with E-state index >= 15 is 0 Å². The van der Waals surface area contributed by atoms with Gasteiger partial charge in [-0.1, -0.05) is 29.9 Å². The number of nitrogens with one attached hydrogen (secondary N) is 1. The predicted octanol–water partition coefficient (Wildman–Crippen LogP) is 3.97. The molecular formula is C17H17ClFNO2S. The molecule has 6 heteroatoms. The van der Waals surface area contributed by atoms with Crippen molar-refractivity contribution in [1.29, 1.82) is 0 Å². The number of hydrogen-bond donors (Lipinski definition) is 1. The van der Waals surface area contributed by atoms with Crippen molar-refractivity contribution in [1.82, 2.24) is 5.32 Å². The van der Waals surface area contributed by atoms with E-state index in [0.717, 1.165) is 5.56 Å². The number of methoxy groups -OCH3 is 1. The van der Waals surface area contributed by atoms with Gasteiger partial charge in [-0.05, 0) is 36.4 Å². The van der Waals surface area contributed by atoms with Crippen molar-refractivity contribution in [3.63, 3.8) is 0 Å². The zero-order valence-electron chi connectivity index (χ0n) is 12.6. The van der Waals surface area contributed by atoms with E-state index in [1.54, 1.807) is 31.4 Å². The van der Waals surface area contributed by atoms with Crippen molar-refractivity contribution in [3.8, 4) is 5.75 Å². The van der Waals surface area contributed by atoms with Gasteiger partial charge in [0.1, 0.15) is 23.2 Å². The second-order valence-corrected chi connectivity index (χ2v) is 5.58. The van der Waals surface area contributed by atoms with Gasteiger partial charge in [0.05, 0.1) is 11.6 Å². The van der Waals surface area contributed by atoms with Crippen LogP contribution in [0.2, 0.25) is 5.02 Å². The normalized spacial score (nSPS) is 10.4. The second-order valence-electron chi connectivity index (χ2n) is 4.76. The number of benzene rings is 2. The van der Waals surface area contributed by atoms with Gasteiger partial charge in [0.15, 0.2) is 0 Å². The molecule has 2 rings (SSSR count). The average molecular weight is 354 g/mol. The standard InChI is InChI=1S/C17H17ClFNO2S/c1-21-10-9-20-17(23)12-5-7-13(8-6-12)22-11-14-15(18)3-2-4-16(14)19/h2-8H,9-11H2,1H3,(H,20,23). The summed E-state index contributed by atoms with van der Waals surface area (Å²) in [7, 11) is 1.64. The Morgan fingerprint density at radius 2 is 1.96 bits per heavy atom. The first kappa shape index (κ1) is 17.7. The first-order chi connectivity index (χ1) is 11.1. The van der Waals surface area contributed by atoms with Gasteiger partial charge >= 0.3 is 0 Å². The van der Waals surface area contributed by atoms with Crippen LogP contribution in [0.1, 0.15) is 11.1 Å². The zero-order chi connectivity index (χ0) is 16.7. The monoisotopic (exact) mass is 353 g/mol. The Kier molecular flexibility index (Phi) is 6.77. The van der Waals surface area contributed by atoms with Gasteiger partial charge in [0.2, 0.25) is 0 Å². The lowest BCUT2D eigenvalue weighted by atomic mass is 10.2. The third kappa shape index (κ3) is 5.16. The summed E-state index contributed by atoms with van der Waals surface area (Å²) in [5, 5.41) is 3.44. The highest BCUT2D eigenvalue weighted by Crippen LogP contribution is 2.21. The minimum absolute atomic E-state index is 0.0708. The highest BCUT2D eigenvalue weighted by Gasteiger charge is 2.08. The molecule has 0 aliphatic rings. The van der Waals surface area contributed by atoms with E-state index < -0.39 is 0 Å². The SMILES string of the molecule is COCCNC(=S)c1ccc(OCc2c(F)cccc2Cl)cc1. The quantitative estimate of drug-likeness (QED) is 0.602. The van der Waals surface area contributed by atoms with Crippen LogP contribution in [0.3, 0.4) is 0 Å². The van der Waals surface area contributed by atoms with E-state index in [9.17, 15) is 4.39 Å². The van der Waals surface area contributed by atoms with E-state index in [1.807, 2.05) is 12.1 Å². The summed E-state index contributed by atoms with van der Waals surface area (Å²) in [6, 6.07) is 11.8. The Labute approximate surface area is 145 Å². The Bertz CT molecular complexity index is 644. The molecule has 23 heavy (non-hydrogen) atoms. The highest BCUT2D eigenvalue weighted by atomic mass is 35.5. The molecule has 1 N–H and O–H groups in total. The van der Waals surface area contributed by atoms with Crippen LogP contribution < -0.4 is 10.1 Å². The van der Waals surface area contributed by atoms with Crippen molar-refractivity contribution in [2.75, 3.05) is 20.3 Å². The molecule has 0 amide bonds. The molecule has 0 unspecified atom stereocenters. The molecule has 0 aromatic heterocycles. The summed E-state index contributed by atoms with van der Waals surface area (Å²) in [4.78, 5) is 0.644. The number of hydrogen-bond acceptors (Lipinski definition) is 3. The van der Waals surface area contributed by atoms with Crippen LogP contribution in [0, 0.1) is 5.82 Å². The van der Waals surface area contributed by atoms with E-state index in [4.69, 9.17) is 33.3 Å². The maximum atomic E-state index is 13.7. The smallest absolute Gasteiger partial charge is 0.131 e. The molecule has 0 heterocycles. The van der Waals surface area contributed by atoms with Crippen LogP contribution in [-0.2, 0) is 11.3 Å². The molecule has 0 saturated carbocycles. The molecule has 0 spiro atoms. The lowest BCUT2D eigenvalue weighted by molar-refractivity contribution is 0.204. The molecule has 0 radical (unpaired) electrons. The first-order valence-electron chi connectivity index (χ1n) is 7.04. The molecule has 0 fully saturated rings. The lowest BCUT2D eigenvalue weighted by Gasteiger charge is -2.10. The molecule has 0 saturated heterocycles. The van der Waals surface area contributed by atoms with Gasteiger partial charge in [0.25, 0.3) is 0 Å². The van der Waals surface area contributed by atoms with Crippen molar-refractivity contribution < 1.29 is 13.9 Å². The third-order valence-electron chi connectivity index (χ3n) is 3.15. The van der Waals surface area contributed by atoms with Crippen LogP contribution in [-0.4, -0.2) is 25.2 Å². The summed E-state index contributed by atoms with van der Waals surface area (Å²) in [5.41, 5.74) is 1.22. The number of thiocarbonyl (C=S) groups is 1. The van der Waals surface area contributed by atoms with Gasteiger partial charge in [-0.25, -0.2) is 4.39 Å². The number of halogens is 2. The zero-order valence-corrected chi connectivity index (χ0v) is 14.2. The van der Waals surface area contributed by atoms with Gasteiger partial charge in [-0.3, -0.25) is 0 Å². The summed E-state index contributed by atoms with van der Waals surface area (Å²) in [5.74, 6) is 0.241. The van der Waals surface area contributed by atoms with Crippen LogP contribution in [0.15, 0.2) is 42.5 Å². The number of ether oxygens (including phenoxy) is 2. The Hall–Kier alpha value is -1.69. The highest BCUT2D eigenvalue weighted by molar-refractivity contribution is 7.80. The fourth-order valence-electron chi connectivity index (χ4n) is 1.90. The molecule has 122 valence electrons. The Balaban J connectivity index is 1.94. The average Bonchev–Trinajstić information content (AvgIpc) is 2.55.